The number of rotatable bonds is 3. The van der Waals surface area contributed by atoms with Gasteiger partial charge in [-0.25, -0.2) is 13.2 Å². The topological polar surface area (TPSA) is 83.5 Å². The van der Waals surface area contributed by atoms with Gasteiger partial charge in [-0.05, 0) is 39.3 Å². The third-order valence-corrected chi connectivity index (χ3v) is 4.63. The van der Waals surface area contributed by atoms with Crippen LogP contribution in [0.15, 0.2) is 18.2 Å². The van der Waals surface area contributed by atoms with Gasteiger partial charge in [0, 0.05) is 0 Å². The molecule has 0 aromatic heterocycles. The number of carboxylic acid groups (broad SMARTS) is 1. The van der Waals surface area contributed by atoms with Crippen molar-refractivity contribution >= 4 is 21.7 Å². The number of hydrogen-bond acceptors (Lipinski definition) is 3. The van der Waals surface area contributed by atoms with Crippen LogP contribution in [0.2, 0.25) is 0 Å². The van der Waals surface area contributed by atoms with Crippen molar-refractivity contribution in [1.82, 2.24) is 0 Å². The number of benzene rings is 1. The number of carbonyl (C=O) groups is 1. The summed E-state index contributed by atoms with van der Waals surface area (Å²) in [5, 5.41) is 9.05. The van der Waals surface area contributed by atoms with Crippen LogP contribution in [0.25, 0.3) is 0 Å². The summed E-state index contributed by atoms with van der Waals surface area (Å²) in [6, 6.07) is 4.61. The van der Waals surface area contributed by atoms with Crippen LogP contribution in [0.1, 0.15) is 36.7 Å². The predicted molar refractivity (Wildman–Crippen MR) is 70.4 cm³/mol. The van der Waals surface area contributed by atoms with Crippen molar-refractivity contribution in [2.45, 2.75) is 32.4 Å². The zero-order valence-electron chi connectivity index (χ0n) is 10.8. The Morgan fingerprint density at radius 2 is 1.83 bits per heavy atom. The molecule has 100 valence electrons. The highest BCUT2D eigenvalue weighted by molar-refractivity contribution is 7.94. The third kappa shape index (κ3) is 2.81. The standard InChI is InChI=1S/C12H17NO4S/c1-8-6-5-7-9(11(14)15)10(8)13-18(16,17)12(2,3)4/h5-7,13H,1-4H3,(H,14,15). The van der Waals surface area contributed by atoms with Crippen molar-refractivity contribution in [1.29, 1.82) is 0 Å². The molecule has 0 heterocycles. The van der Waals surface area contributed by atoms with E-state index in [1.54, 1.807) is 39.8 Å². The Labute approximate surface area is 107 Å². The largest absolute Gasteiger partial charge is 0.478 e. The maximum atomic E-state index is 12.0. The van der Waals surface area contributed by atoms with Crippen LogP contribution in [0.5, 0.6) is 0 Å². The van der Waals surface area contributed by atoms with Gasteiger partial charge < -0.3 is 5.11 Å². The maximum Gasteiger partial charge on any atom is 0.337 e. The van der Waals surface area contributed by atoms with Crippen molar-refractivity contribution in [3.63, 3.8) is 0 Å². The first-order valence-corrected chi connectivity index (χ1v) is 6.90. The van der Waals surface area contributed by atoms with Crippen LogP contribution < -0.4 is 4.72 Å². The van der Waals surface area contributed by atoms with Crippen molar-refractivity contribution in [2.75, 3.05) is 4.72 Å². The second-order valence-electron chi connectivity index (χ2n) is 5.02. The molecule has 0 bridgehead atoms. The van der Waals surface area contributed by atoms with Gasteiger partial charge in [-0.15, -0.1) is 0 Å². The summed E-state index contributed by atoms with van der Waals surface area (Å²) in [4.78, 5) is 11.1. The van der Waals surface area contributed by atoms with Gasteiger partial charge in [0.05, 0.1) is 16.0 Å². The van der Waals surface area contributed by atoms with E-state index in [2.05, 4.69) is 4.72 Å². The van der Waals surface area contributed by atoms with Gasteiger partial charge in [-0.1, -0.05) is 12.1 Å². The first-order valence-electron chi connectivity index (χ1n) is 5.41. The molecule has 5 nitrogen and oxygen atoms in total. The van der Waals surface area contributed by atoms with Gasteiger partial charge in [-0.2, -0.15) is 0 Å². The minimum absolute atomic E-state index is 0.0529. The first kappa shape index (κ1) is 14.5. The fourth-order valence-electron chi connectivity index (χ4n) is 1.27. The third-order valence-electron chi connectivity index (χ3n) is 2.55. The van der Waals surface area contributed by atoms with Crippen molar-refractivity contribution in [3.05, 3.63) is 29.3 Å². The molecule has 0 fully saturated rings. The molecule has 0 aliphatic carbocycles. The monoisotopic (exact) mass is 271 g/mol. The Kier molecular flexibility index (Phi) is 3.71. The van der Waals surface area contributed by atoms with Gasteiger partial charge in [0.25, 0.3) is 0 Å². The molecular formula is C12H17NO4S. The van der Waals surface area contributed by atoms with Gasteiger partial charge >= 0.3 is 5.97 Å². The lowest BCUT2D eigenvalue weighted by Crippen LogP contribution is -2.34. The minimum atomic E-state index is -3.64. The van der Waals surface area contributed by atoms with Crippen molar-refractivity contribution < 1.29 is 18.3 Å². The molecule has 0 aliphatic heterocycles. The molecule has 0 saturated carbocycles. The van der Waals surface area contributed by atoms with E-state index in [0.717, 1.165) is 0 Å². The molecule has 18 heavy (non-hydrogen) atoms. The van der Waals surface area contributed by atoms with E-state index in [1.807, 2.05) is 0 Å². The lowest BCUT2D eigenvalue weighted by molar-refractivity contribution is 0.0698. The van der Waals surface area contributed by atoms with Gasteiger partial charge in [-0.3, -0.25) is 4.72 Å². The summed E-state index contributed by atoms with van der Waals surface area (Å²) in [5.74, 6) is -1.16. The van der Waals surface area contributed by atoms with Crippen LogP contribution in [-0.4, -0.2) is 24.2 Å². The molecule has 0 spiro atoms. The van der Waals surface area contributed by atoms with Crippen LogP contribution in [-0.2, 0) is 10.0 Å². The normalized spacial score (nSPS) is 12.2. The average molecular weight is 271 g/mol. The second-order valence-corrected chi connectivity index (χ2v) is 7.46. The highest BCUT2D eigenvalue weighted by Crippen LogP contribution is 2.25. The van der Waals surface area contributed by atoms with E-state index >= 15 is 0 Å². The number of aryl methyl sites for hydroxylation is 1. The summed E-state index contributed by atoms with van der Waals surface area (Å²) < 4.78 is 25.4. The molecule has 0 amide bonds. The van der Waals surface area contributed by atoms with E-state index in [1.165, 1.54) is 6.07 Å². The fraction of sp³-hybridized carbons (Fsp3) is 0.417. The van der Waals surface area contributed by atoms with E-state index in [4.69, 9.17) is 5.11 Å². The summed E-state index contributed by atoms with van der Waals surface area (Å²) in [6.45, 7) is 6.31. The first-order chi connectivity index (χ1) is 8.06. The molecule has 2 N–H and O–H groups in total. The number of anilines is 1. The molecule has 0 unspecified atom stereocenters. The Bertz CT molecular complexity index is 570. The Hall–Kier alpha value is -1.56. The van der Waals surface area contributed by atoms with Crippen LogP contribution in [0.3, 0.4) is 0 Å². The van der Waals surface area contributed by atoms with Crippen LogP contribution >= 0.6 is 0 Å². The molecular weight excluding hydrogens is 254 g/mol. The molecule has 0 aliphatic rings. The number of para-hydroxylation sites is 1. The van der Waals surface area contributed by atoms with E-state index in [9.17, 15) is 13.2 Å². The number of carboxylic acids is 1. The summed E-state index contributed by atoms with van der Waals surface area (Å²) in [7, 11) is -3.64. The Morgan fingerprint density at radius 3 is 2.28 bits per heavy atom. The lowest BCUT2D eigenvalue weighted by Gasteiger charge is -2.22. The van der Waals surface area contributed by atoms with E-state index < -0.39 is 20.7 Å². The van der Waals surface area contributed by atoms with Gasteiger partial charge in [0.15, 0.2) is 0 Å². The van der Waals surface area contributed by atoms with Gasteiger partial charge in [0.2, 0.25) is 10.0 Å². The number of aromatic carboxylic acids is 1. The molecule has 0 radical (unpaired) electrons. The second kappa shape index (κ2) is 4.61. The van der Waals surface area contributed by atoms with Crippen molar-refractivity contribution in [2.24, 2.45) is 0 Å². The van der Waals surface area contributed by atoms with E-state index in [0.29, 0.717) is 5.56 Å². The van der Waals surface area contributed by atoms with Gasteiger partial charge in [0.1, 0.15) is 0 Å². The highest BCUT2D eigenvalue weighted by atomic mass is 32.2. The van der Waals surface area contributed by atoms with Crippen molar-refractivity contribution in [3.8, 4) is 0 Å². The average Bonchev–Trinajstić information content (AvgIpc) is 2.18. The summed E-state index contributed by atoms with van der Waals surface area (Å²) in [6.07, 6.45) is 0. The molecule has 6 heteroatoms. The number of hydrogen-bond donors (Lipinski definition) is 2. The minimum Gasteiger partial charge on any atom is -0.478 e. The fourth-order valence-corrected chi connectivity index (χ4v) is 2.11. The summed E-state index contributed by atoms with van der Waals surface area (Å²) in [5.41, 5.74) is 0.644. The van der Waals surface area contributed by atoms with Crippen LogP contribution in [0, 0.1) is 6.92 Å². The molecule has 1 aromatic carbocycles. The number of sulfonamides is 1. The lowest BCUT2D eigenvalue weighted by atomic mass is 10.1. The van der Waals surface area contributed by atoms with E-state index in [-0.39, 0.29) is 11.3 Å². The predicted octanol–water partition coefficient (Wildman–Crippen LogP) is 2.23. The van der Waals surface area contributed by atoms with Crippen LogP contribution in [0.4, 0.5) is 5.69 Å². The SMILES string of the molecule is Cc1cccc(C(=O)O)c1NS(=O)(=O)C(C)(C)C. The zero-order valence-corrected chi connectivity index (χ0v) is 11.6. The summed E-state index contributed by atoms with van der Waals surface area (Å²) >= 11 is 0. The molecule has 1 aromatic rings. The Balaban J connectivity index is 3.33. The maximum absolute atomic E-state index is 12.0. The smallest absolute Gasteiger partial charge is 0.337 e. The quantitative estimate of drug-likeness (QED) is 0.883. The number of nitrogens with one attached hydrogen (secondary N) is 1. The Morgan fingerprint density at radius 1 is 1.28 bits per heavy atom. The highest BCUT2D eigenvalue weighted by Gasteiger charge is 2.30. The zero-order chi connectivity index (χ0) is 14.1. The molecule has 0 saturated heterocycles. The molecule has 0 atom stereocenters. The molecule has 1 rings (SSSR count).